The summed E-state index contributed by atoms with van der Waals surface area (Å²) < 4.78 is 13.2. The predicted octanol–water partition coefficient (Wildman–Crippen LogP) is 2.65. The molecule has 1 fully saturated rings. The Morgan fingerprint density at radius 2 is 2.33 bits per heavy atom. The Morgan fingerprint density at radius 1 is 1.53 bits per heavy atom. The van der Waals surface area contributed by atoms with Gasteiger partial charge in [0.1, 0.15) is 5.82 Å². The Hall–Kier alpha value is -1.11. The van der Waals surface area contributed by atoms with Crippen molar-refractivity contribution in [3.63, 3.8) is 0 Å². The Bertz CT molecular complexity index is 414. The van der Waals surface area contributed by atoms with E-state index in [1.165, 1.54) is 6.07 Å². The summed E-state index contributed by atoms with van der Waals surface area (Å²) in [4.78, 5) is 0. The highest BCUT2D eigenvalue weighted by atomic mass is 35.5. The Balaban J connectivity index is 2.18. The quantitative estimate of drug-likeness (QED) is 0.796. The van der Waals surface area contributed by atoms with Crippen molar-refractivity contribution in [1.29, 1.82) is 5.26 Å². The number of nitriles is 1. The first-order valence-electron chi connectivity index (χ1n) is 4.78. The van der Waals surface area contributed by atoms with Gasteiger partial charge in [-0.2, -0.15) is 5.26 Å². The first-order valence-corrected chi connectivity index (χ1v) is 5.16. The molecule has 1 N–H and O–H groups in total. The van der Waals surface area contributed by atoms with E-state index in [0.717, 1.165) is 12.0 Å². The smallest absolute Gasteiger partial charge is 0.142 e. The molecule has 4 heteroatoms. The number of nitrogens with one attached hydrogen (secondary N) is 1. The van der Waals surface area contributed by atoms with Crippen molar-refractivity contribution >= 4 is 11.6 Å². The number of rotatable bonds is 1. The predicted molar refractivity (Wildman–Crippen MR) is 55.9 cm³/mol. The second-order valence-corrected chi connectivity index (χ2v) is 4.10. The fourth-order valence-corrected chi connectivity index (χ4v) is 1.93. The molecule has 1 aromatic carbocycles. The Kier molecular flexibility index (Phi) is 2.90. The van der Waals surface area contributed by atoms with Crippen LogP contribution in [0.5, 0.6) is 0 Å². The molecule has 1 heterocycles. The van der Waals surface area contributed by atoms with Crippen molar-refractivity contribution in [3.8, 4) is 6.07 Å². The molecule has 2 rings (SSSR count). The molecule has 1 saturated heterocycles. The molecule has 2 unspecified atom stereocenters. The second kappa shape index (κ2) is 4.18. The molecule has 0 aromatic heterocycles. The third kappa shape index (κ3) is 2.11. The minimum atomic E-state index is -0.406. The van der Waals surface area contributed by atoms with Gasteiger partial charge in [-0.1, -0.05) is 17.7 Å². The lowest BCUT2D eigenvalue weighted by molar-refractivity contribution is 0.604. The maximum Gasteiger partial charge on any atom is 0.142 e. The lowest BCUT2D eigenvalue weighted by atomic mass is 10.0. The molecule has 15 heavy (non-hydrogen) atoms. The van der Waals surface area contributed by atoms with Crippen LogP contribution in [0.25, 0.3) is 0 Å². The van der Waals surface area contributed by atoms with Crippen molar-refractivity contribution in [1.82, 2.24) is 5.32 Å². The molecule has 0 amide bonds. The topological polar surface area (TPSA) is 35.8 Å². The zero-order chi connectivity index (χ0) is 10.8. The Morgan fingerprint density at radius 3 is 2.93 bits per heavy atom. The highest BCUT2D eigenvalue weighted by Gasteiger charge is 2.25. The van der Waals surface area contributed by atoms with Gasteiger partial charge in [-0.25, -0.2) is 4.39 Å². The van der Waals surface area contributed by atoms with Gasteiger partial charge in [-0.15, -0.1) is 0 Å². The standard InChI is InChI=1S/C11H10ClFN2/c12-9-2-1-8(4-10(9)13)11-3-7(5-14)6-15-11/h1-2,4,7,11,15H,3,6H2. The third-order valence-electron chi connectivity index (χ3n) is 2.66. The summed E-state index contributed by atoms with van der Waals surface area (Å²) in [6.45, 7) is 0.672. The summed E-state index contributed by atoms with van der Waals surface area (Å²) in [6, 6.07) is 7.05. The van der Waals surface area contributed by atoms with Gasteiger partial charge in [0, 0.05) is 12.6 Å². The van der Waals surface area contributed by atoms with Gasteiger partial charge >= 0.3 is 0 Å². The van der Waals surface area contributed by atoms with Crippen LogP contribution < -0.4 is 5.32 Å². The normalized spacial score (nSPS) is 25.1. The van der Waals surface area contributed by atoms with Crippen LogP contribution in [-0.4, -0.2) is 6.54 Å². The van der Waals surface area contributed by atoms with Gasteiger partial charge in [0.15, 0.2) is 0 Å². The summed E-state index contributed by atoms with van der Waals surface area (Å²) in [6.07, 6.45) is 0.734. The molecule has 0 spiro atoms. The van der Waals surface area contributed by atoms with Crippen LogP contribution in [0.1, 0.15) is 18.0 Å². The minimum Gasteiger partial charge on any atom is -0.309 e. The zero-order valence-corrected chi connectivity index (χ0v) is 8.76. The van der Waals surface area contributed by atoms with E-state index in [9.17, 15) is 4.39 Å². The van der Waals surface area contributed by atoms with E-state index < -0.39 is 5.82 Å². The first kappa shape index (κ1) is 10.4. The largest absolute Gasteiger partial charge is 0.309 e. The second-order valence-electron chi connectivity index (χ2n) is 3.70. The van der Waals surface area contributed by atoms with Crippen molar-refractivity contribution in [2.24, 2.45) is 5.92 Å². The summed E-state index contributed by atoms with van der Waals surface area (Å²) >= 11 is 5.60. The summed E-state index contributed by atoms with van der Waals surface area (Å²) in [7, 11) is 0. The maximum atomic E-state index is 13.2. The van der Waals surface area contributed by atoms with Crippen LogP contribution >= 0.6 is 11.6 Å². The fraction of sp³-hybridized carbons (Fsp3) is 0.364. The molecule has 0 aliphatic carbocycles. The van der Waals surface area contributed by atoms with E-state index in [0.29, 0.717) is 6.54 Å². The fourth-order valence-electron chi connectivity index (χ4n) is 1.82. The SMILES string of the molecule is N#CC1CNC(c2ccc(Cl)c(F)c2)C1. The highest BCUT2D eigenvalue weighted by Crippen LogP contribution is 2.28. The molecule has 78 valence electrons. The highest BCUT2D eigenvalue weighted by molar-refractivity contribution is 6.30. The van der Waals surface area contributed by atoms with E-state index in [4.69, 9.17) is 16.9 Å². The van der Waals surface area contributed by atoms with Crippen LogP contribution in [0.2, 0.25) is 5.02 Å². The van der Waals surface area contributed by atoms with Gasteiger partial charge in [0.2, 0.25) is 0 Å². The minimum absolute atomic E-state index is 0.0220. The molecular formula is C11H10ClFN2. The first-order chi connectivity index (χ1) is 7.20. The van der Waals surface area contributed by atoms with Crippen molar-refractivity contribution in [2.75, 3.05) is 6.54 Å². The summed E-state index contributed by atoms with van der Waals surface area (Å²) in [5.41, 5.74) is 0.856. The van der Waals surface area contributed by atoms with E-state index >= 15 is 0 Å². The van der Waals surface area contributed by atoms with E-state index in [1.54, 1.807) is 12.1 Å². The molecule has 2 atom stereocenters. The molecule has 0 bridgehead atoms. The van der Waals surface area contributed by atoms with Crippen molar-refractivity contribution in [2.45, 2.75) is 12.5 Å². The van der Waals surface area contributed by atoms with Crippen LogP contribution in [0.4, 0.5) is 4.39 Å². The number of benzene rings is 1. The summed E-state index contributed by atoms with van der Waals surface area (Å²) in [5.74, 6) is -0.384. The summed E-state index contributed by atoms with van der Waals surface area (Å²) in [5, 5.41) is 12.1. The molecule has 1 aliphatic heterocycles. The third-order valence-corrected chi connectivity index (χ3v) is 2.97. The number of hydrogen-bond donors (Lipinski definition) is 1. The van der Waals surface area contributed by atoms with Gasteiger partial charge in [-0.05, 0) is 24.1 Å². The number of nitrogens with zero attached hydrogens (tertiary/aromatic N) is 1. The molecule has 2 nitrogen and oxygen atoms in total. The van der Waals surface area contributed by atoms with Gasteiger partial charge in [0.25, 0.3) is 0 Å². The van der Waals surface area contributed by atoms with Gasteiger partial charge < -0.3 is 5.32 Å². The van der Waals surface area contributed by atoms with Crippen molar-refractivity contribution < 1.29 is 4.39 Å². The van der Waals surface area contributed by atoms with E-state index in [1.807, 2.05) is 0 Å². The van der Waals surface area contributed by atoms with Gasteiger partial charge in [0.05, 0.1) is 17.0 Å². The maximum absolute atomic E-state index is 13.2. The molecule has 1 aliphatic rings. The van der Waals surface area contributed by atoms with Gasteiger partial charge in [-0.3, -0.25) is 0 Å². The molecule has 0 radical (unpaired) electrons. The number of hydrogen-bond acceptors (Lipinski definition) is 2. The number of halogens is 2. The van der Waals surface area contributed by atoms with Crippen LogP contribution in [-0.2, 0) is 0 Å². The van der Waals surface area contributed by atoms with Crippen molar-refractivity contribution in [3.05, 3.63) is 34.6 Å². The van der Waals surface area contributed by atoms with Crippen LogP contribution in [0.15, 0.2) is 18.2 Å². The average molecular weight is 225 g/mol. The molecule has 0 saturated carbocycles. The van der Waals surface area contributed by atoms with Crippen LogP contribution in [0.3, 0.4) is 0 Å². The zero-order valence-electron chi connectivity index (χ0n) is 8.00. The Labute approximate surface area is 92.7 Å². The molecule has 1 aromatic rings. The van der Waals surface area contributed by atoms with E-state index in [2.05, 4.69) is 11.4 Å². The monoisotopic (exact) mass is 224 g/mol. The average Bonchev–Trinajstić information content (AvgIpc) is 2.70. The molecular weight excluding hydrogens is 215 g/mol. The lowest BCUT2D eigenvalue weighted by Crippen LogP contribution is -2.13. The van der Waals surface area contributed by atoms with Crippen LogP contribution in [0, 0.1) is 23.1 Å². The lowest BCUT2D eigenvalue weighted by Gasteiger charge is -2.10. The van der Waals surface area contributed by atoms with E-state index in [-0.39, 0.29) is 17.0 Å².